The first-order valence-electron chi connectivity index (χ1n) is 7.68. The van der Waals surface area contributed by atoms with Gasteiger partial charge in [0, 0.05) is 18.2 Å². The highest BCUT2D eigenvalue weighted by atomic mass is 16.5. The van der Waals surface area contributed by atoms with Crippen LogP contribution in [0.4, 0.5) is 0 Å². The summed E-state index contributed by atoms with van der Waals surface area (Å²) in [6.07, 6.45) is 9.82. The lowest BCUT2D eigenvalue weighted by molar-refractivity contribution is 0.0779. The van der Waals surface area contributed by atoms with Crippen molar-refractivity contribution in [1.29, 1.82) is 0 Å². The lowest BCUT2D eigenvalue weighted by atomic mass is 9.79. The van der Waals surface area contributed by atoms with Crippen molar-refractivity contribution < 1.29 is 4.74 Å². The fourth-order valence-corrected chi connectivity index (χ4v) is 3.71. The van der Waals surface area contributed by atoms with E-state index in [9.17, 15) is 0 Å². The van der Waals surface area contributed by atoms with Crippen LogP contribution in [0.25, 0.3) is 0 Å². The first kappa shape index (κ1) is 14.3. The molecule has 1 aliphatic heterocycles. The third kappa shape index (κ3) is 3.25. The number of nitrogens with zero attached hydrogens (tertiary/aromatic N) is 1. The normalized spacial score (nSPS) is 32.0. The van der Waals surface area contributed by atoms with E-state index in [2.05, 4.69) is 31.2 Å². The van der Waals surface area contributed by atoms with Gasteiger partial charge in [0.2, 0.25) is 0 Å². The van der Waals surface area contributed by atoms with E-state index in [4.69, 9.17) is 4.74 Å². The van der Waals surface area contributed by atoms with Gasteiger partial charge in [-0.25, -0.2) is 0 Å². The van der Waals surface area contributed by atoms with Crippen LogP contribution in [0, 0.1) is 0 Å². The second-order valence-corrected chi connectivity index (χ2v) is 6.25. The molecule has 2 rings (SSSR count). The molecule has 0 bridgehead atoms. The highest BCUT2D eigenvalue weighted by molar-refractivity contribution is 4.91. The van der Waals surface area contributed by atoms with Crippen LogP contribution in [0.15, 0.2) is 0 Å². The molecule has 1 N–H and O–H groups in total. The zero-order valence-corrected chi connectivity index (χ0v) is 12.4. The first-order valence-corrected chi connectivity index (χ1v) is 7.68. The predicted octanol–water partition coefficient (Wildman–Crippen LogP) is 2.41. The molecule has 0 aromatic rings. The Morgan fingerprint density at radius 1 is 1.28 bits per heavy atom. The molecule has 3 heteroatoms. The van der Waals surface area contributed by atoms with E-state index in [1.54, 1.807) is 0 Å². The number of likely N-dealkylation sites (N-methyl/N-ethyl adjacent to an activating group) is 1. The number of hydrogen-bond acceptors (Lipinski definition) is 3. The number of hydrogen-bond donors (Lipinski definition) is 1. The molecule has 2 aliphatic rings. The van der Waals surface area contributed by atoms with Gasteiger partial charge in [-0.3, -0.25) is 0 Å². The molecule has 0 radical (unpaired) electrons. The van der Waals surface area contributed by atoms with E-state index in [1.807, 2.05) is 0 Å². The van der Waals surface area contributed by atoms with Crippen molar-refractivity contribution in [3.63, 3.8) is 0 Å². The molecule has 0 amide bonds. The molecule has 1 aliphatic carbocycles. The predicted molar refractivity (Wildman–Crippen MR) is 75.9 cm³/mol. The van der Waals surface area contributed by atoms with Gasteiger partial charge in [-0.05, 0) is 53.2 Å². The summed E-state index contributed by atoms with van der Waals surface area (Å²) in [5.41, 5.74) is 0.412. The molecule has 18 heavy (non-hydrogen) atoms. The average Bonchev–Trinajstić information content (AvgIpc) is 2.83. The Kier molecular flexibility index (Phi) is 5.05. The van der Waals surface area contributed by atoms with Gasteiger partial charge in [0.1, 0.15) is 0 Å². The molecule has 106 valence electrons. The van der Waals surface area contributed by atoms with Crippen molar-refractivity contribution >= 4 is 0 Å². The van der Waals surface area contributed by atoms with Crippen LogP contribution in [0.3, 0.4) is 0 Å². The Balaban J connectivity index is 1.81. The molecule has 1 heterocycles. The summed E-state index contributed by atoms with van der Waals surface area (Å²) < 4.78 is 5.67. The minimum Gasteiger partial charge on any atom is -0.377 e. The minimum absolute atomic E-state index is 0.409. The van der Waals surface area contributed by atoms with Crippen molar-refractivity contribution in [2.75, 3.05) is 27.2 Å². The van der Waals surface area contributed by atoms with Crippen LogP contribution in [0.5, 0.6) is 0 Å². The maximum Gasteiger partial charge on any atom is 0.0702 e. The monoisotopic (exact) mass is 254 g/mol. The highest BCUT2D eigenvalue weighted by Crippen LogP contribution is 2.31. The van der Waals surface area contributed by atoms with Gasteiger partial charge >= 0.3 is 0 Å². The lowest BCUT2D eigenvalue weighted by Crippen LogP contribution is -2.48. The molecule has 3 nitrogen and oxygen atoms in total. The van der Waals surface area contributed by atoms with Gasteiger partial charge in [0.15, 0.2) is 0 Å². The Morgan fingerprint density at radius 3 is 2.56 bits per heavy atom. The lowest BCUT2D eigenvalue weighted by Gasteiger charge is -2.39. The third-order valence-corrected chi connectivity index (χ3v) is 5.19. The molecule has 0 spiro atoms. The SMILES string of the molecule is CNC1(CCN(C)C2CCOC2C)CCCCC1. The van der Waals surface area contributed by atoms with Gasteiger partial charge in [0.25, 0.3) is 0 Å². The smallest absolute Gasteiger partial charge is 0.0702 e. The van der Waals surface area contributed by atoms with E-state index in [0.29, 0.717) is 17.7 Å². The van der Waals surface area contributed by atoms with E-state index < -0.39 is 0 Å². The topological polar surface area (TPSA) is 24.5 Å². The van der Waals surface area contributed by atoms with Crippen molar-refractivity contribution in [3.8, 4) is 0 Å². The molecular weight excluding hydrogens is 224 g/mol. The van der Waals surface area contributed by atoms with Crippen LogP contribution in [0.1, 0.15) is 51.9 Å². The van der Waals surface area contributed by atoms with Gasteiger partial charge < -0.3 is 15.0 Å². The summed E-state index contributed by atoms with van der Waals surface area (Å²) in [4.78, 5) is 2.52. The van der Waals surface area contributed by atoms with Crippen LogP contribution in [0.2, 0.25) is 0 Å². The van der Waals surface area contributed by atoms with Crippen LogP contribution >= 0.6 is 0 Å². The van der Waals surface area contributed by atoms with Gasteiger partial charge in [-0.15, -0.1) is 0 Å². The number of nitrogens with one attached hydrogen (secondary N) is 1. The third-order valence-electron chi connectivity index (χ3n) is 5.19. The second-order valence-electron chi connectivity index (χ2n) is 6.25. The van der Waals surface area contributed by atoms with Crippen molar-refractivity contribution in [1.82, 2.24) is 10.2 Å². The molecular formula is C15H30N2O. The van der Waals surface area contributed by atoms with Gasteiger partial charge in [0.05, 0.1) is 6.10 Å². The molecule has 2 atom stereocenters. The Hall–Kier alpha value is -0.120. The zero-order valence-electron chi connectivity index (χ0n) is 12.4. The van der Waals surface area contributed by atoms with E-state index >= 15 is 0 Å². The van der Waals surface area contributed by atoms with Crippen LogP contribution in [-0.2, 0) is 4.74 Å². The number of ether oxygens (including phenoxy) is 1. The van der Waals surface area contributed by atoms with E-state index in [0.717, 1.165) is 6.61 Å². The Morgan fingerprint density at radius 2 is 2.00 bits per heavy atom. The summed E-state index contributed by atoms with van der Waals surface area (Å²) >= 11 is 0. The van der Waals surface area contributed by atoms with E-state index in [1.165, 1.54) is 51.5 Å². The van der Waals surface area contributed by atoms with Crippen LogP contribution < -0.4 is 5.32 Å². The largest absolute Gasteiger partial charge is 0.377 e. The maximum atomic E-state index is 5.67. The maximum absolute atomic E-state index is 5.67. The summed E-state index contributed by atoms with van der Waals surface area (Å²) in [5.74, 6) is 0. The minimum atomic E-state index is 0.409. The molecule has 2 fully saturated rings. The van der Waals surface area contributed by atoms with E-state index in [-0.39, 0.29) is 0 Å². The summed E-state index contributed by atoms with van der Waals surface area (Å²) in [6.45, 7) is 4.34. The fraction of sp³-hybridized carbons (Fsp3) is 1.00. The summed E-state index contributed by atoms with van der Waals surface area (Å²) in [5, 5.41) is 3.62. The molecule has 2 unspecified atom stereocenters. The molecule has 0 aromatic carbocycles. The quantitative estimate of drug-likeness (QED) is 0.815. The Bertz CT molecular complexity index is 251. The van der Waals surface area contributed by atoms with Crippen LogP contribution in [-0.4, -0.2) is 49.8 Å². The van der Waals surface area contributed by atoms with Crippen molar-refractivity contribution in [2.24, 2.45) is 0 Å². The summed E-state index contributed by atoms with van der Waals surface area (Å²) in [6, 6.07) is 0.627. The van der Waals surface area contributed by atoms with Gasteiger partial charge in [-0.2, -0.15) is 0 Å². The standard InChI is InChI=1S/C15H30N2O/c1-13-14(7-12-18-13)17(3)11-10-15(16-2)8-5-4-6-9-15/h13-14,16H,4-12H2,1-3H3. The molecule has 1 saturated carbocycles. The fourth-order valence-electron chi connectivity index (χ4n) is 3.71. The number of rotatable bonds is 5. The zero-order chi connectivity index (χ0) is 13.0. The van der Waals surface area contributed by atoms with Gasteiger partial charge in [-0.1, -0.05) is 19.3 Å². The van der Waals surface area contributed by atoms with Crippen molar-refractivity contribution in [2.45, 2.75) is 69.6 Å². The van der Waals surface area contributed by atoms with Crippen molar-refractivity contribution in [3.05, 3.63) is 0 Å². The summed E-state index contributed by atoms with van der Waals surface area (Å²) in [7, 11) is 4.41. The molecule has 0 aromatic heterocycles. The molecule has 1 saturated heterocycles. The Labute approximate surface area is 112 Å². The second kappa shape index (κ2) is 6.36. The average molecular weight is 254 g/mol. The first-order chi connectivity index (χ1) is 8.67. The highest BCUT2D eigenvalue weighted by Gasteiger charge is 2.32.